The Labute approximate surface area is 88.7 Å². The molecule has 0 spiro atoms. The molecule has 0 aliphatic carbocycles. The van der Waals surface area contributed by atoms with Crippen LogP contribution >= 0.6 is 0 Å². The van der Waals surface area contributed by atoms with Gasteiger partial charge in [0, 0.05) is 18.6 Å². The van der Waals surface area contributed by atoms with Crippen LogP contribution in [0.4, 0.5) is 17.6 Å². The Hall–Kier alpha value is -1.28. The van der Waals surface area contributed by atoms with E-state index in [0.29, 0.717) is 6.07 Å². The molecule has 0 radical (unpaired) electrons. The molecule has 0 aliphatic heterocycles. The van der Waals surface area contributed by atoms with Gasteiger partial charge in [-0.05, 0) is 6.07 Å². The highest BCUT2D eigenvalue weighted by Gasteiger charge is 2.31. The van der Waals surface area contributed by atoms with Crippen molar-refractivity contribution in [3.8, 4) is 5.75 Å². The van der Waals surface area contributed by atoms with Crippen LogP contribution in [-0.2, 0) is 4.65 Å². The second-order valence-corrected chi connectivity index (χ2v) is 2.82. The maximum Gasteiger partial charge on any atom is 0.573 e. The summed E-state index contributed by atoms with van der Waals surface area (Å²) in [4.78, 5) is 0. The first kappa shape index (κ1) is 12.8. The fraction of sp³-hybridized carbons (Fsp3) is 0.250. The molecule has 1 N–H and O–H groups in total. The molecule has 0 atom stereocenters. The van der Waals surface area contributed by atoms with Gasteiger partial charge in [-0.3, -0.25) is 0 Å². The van der Waals surface area contributed by atoms with Crippen LogP contribution in [0.25, 0.3) is 0 Å². The van der Waals surface area contributed by atoms with E-state index in [1.54, 1.807) is 0 Å². The van der Waals surface area contributed by atoms with Crippen molar-refractivity contribution in [2.24, 2.45) is 0 Å². The summed E-state index contributed by atoms with van der Waals surface area (Å²) >= 11 is 0. The molecule has 0 fully saturated rings. The Morgan fingerprint density at radius 3 is 2.38 bits per heavy atom. The van der Waals surface area contributed by atoms with Crippen LogP contribution in [0.2, 0.25) is 0 Å². The van der Waals surface area contributed by atoms with E-state index in [2.05, 4.69) is 9.39 Å². The van der Waals surface area contributed by atoms with Gasteiger partial charge in [0.1, 0.15) is 11.6 Å². The Morgan fingerprint density at radius 2 is 1.94 bits per heavy atom. The van der Waals surface area contributed by atoms with Crippen molar-refractivity contribution in [3.63, 3.8) is 0 Å². The largest absolute Gasteiger partial charge is 0.573 e. The third kappa shape index (κ3) is 3.39. The van der Waals surface area contributed by atoms with E-state index in [9.17, 15) is 17.6 Å². The van der Waals surface area contributed by atoms with Crippen LogP contribution in [0.1, 0.15) is 0 Å². The number of halogens is 4. The minimum absolute atomic E-state index is 0.267. The molecule has 0 unspecified atom stereocenters. The van der Waals surface area contributed by atoms with E-state index in [4.69, 9.17) is 5.02 Å². The zero-order valence-corrected chi connectivity index (χ0v) is 8.08. The third-order valence-corrected chi connectivity index (χ3v) is 1.69. The van der Waals surface area contributed by atoms with Gasteiger partial charge in [-0.25, -0.2) is 4.39 Å². The van der Waals surface area contributed by atoms with Gasteiger partial charge >= 0.3 is 13.5 Å². The summed E-state index contributed by atoms with van der Waals surface area (Å²) in [6.07, 6.45) is -4.88. The normalized spacial score (nSPS) is 11.4. The van der Waals surface area contributed by atoms with E-state index < -0.39 is 25.0 Å². The number of rotatable bonds is 3. The zero-order valence-electron chi connectivity index (χ0n) is 8.08. The number of alkyl halides is 3. The molecular formula is C8H7BF4O3. The summed E-state index contributed by atoms with van der Waals surface area (Å²) in [5.74, 6) is -1.74. The molecule has 8 heteroatoms. The summed E-state index contributed by atoms with van der Waals surface area (Å²) in [6.45, 7) is 0. The van der Waals surface area contributed by atoms with E-state index in [0.717, 1.165) is 19.2 Å². The molecule has 1 aromatic carbocycles. The lowest BCUT2D eigenvalue weighted by molar-refractivity contribution is -0.274. The Kier molecular flexibility index (Phi) is 3.76. The lowest BCUT2D eigenvalue weighted by atomic mass is 9.79. The third-order valence-electron chi connectivity index (χ3n) is 1.69. The molecule has 0 bridgehead atoms. The van der Waals surface area contributed by atoms with Crippen LogP contribution < -0.4 is 10.2 Å². The van der Waals surface area contributed by atoms with Gasteiger partial charge in [0.25, 0.3) is 0 Å². The van der Waals surface area contributed by atoms with Crippen LogP contribution in [0, 0.1) is 5.82 Å². The predicted molar refractivity (Wildman–Crippen MR) is 47.7 cm³/mol. The minimum Gasteiger partial charge on any atom is -0.423 e. The Bertz CT molecular complexity index is 369. The van der Waals surface area contributed by atoms with Gasteiger partial charge in [-0.15, -0.1) is 13.2 Å². The molecule has 0 aromatic heterocycles. The average Bonchev–Trinajstić information content (AvgIpc) is 2.14. The van der Waals surface area contributed by atoms with Crippen LogP contribution in [0.3, 0.4) is 0 Å². The average molecular weight is 238 g/mol. The molecule has 0 aliphatic rings. The van der Waals surface area contributed by atoms with Gasteiger partial charge in [0.2, 0.25) is 0 Å². The SMILES string of the molecule is COB(O)c1ccc(OC(F)(F)F)cc1F. The molecule has 1 rings (SSSR count). The molecule has 88 valence electrons. The first-order valence-corrected chi connectivity index (χ1v) is 4.09. The monoisotopic (exact) mass is 238 g/mol. The summed E-state index contributed by atoms with van der Waals surface area (Å²) in [5.41, 5.74) is -0.267. The second-order valence-electron chi connectivity index (χ2n) is 2.82. The van der Waals surface area contributed by atoms with Gasteiger partial charge in [0.05, 0.1) is 0 Å². The minimum atomic E-state index is -4.88. The highest BCUT2D eigenvalue weighted by atomic mass is 19.4. The van der Waals surface area contributed by atoms with Gasteiger partial charge < -0.3 is 14.4 Å². The van der Waals surface area contributed by atoms with E-state index in [1.165, 1.54) is 0 Å². The first-order chi connectivity index (χ1) is 7.33. The topological polar surface area (TPSA) is 38.7 Å². The summed E-state index contributed by atoms with van der Waals surface area (Å²) in [5, 5.41) is 9.11. The molecule has 0 heterocycles. The van der Waals surface area contributed by atoms with Gasteiger partial charge in [-0.2, -0.15) is 0 Å². The van der Waals surface area contributed by atoms with Crippen molar-refractivity contribution in [2.45, 2.75) is 6.36 Å². The number of ether oxygens (including phenoxy) is 1. The molecule has 0 saturated carbocycles. The fourth-order valence-corrected chi connectivity index (χ4v) is 1.03. The summed E-state index contributed by atoms with van der Waals surface area (Å²) in [6, 6.07) is 2.35. The Balaban J connectivity index is 2.91. The maximum atomic E-state index is 13.2. The van der Waals surface area contributed by atoms with Crippen molar-refractivity contribution < 1.29 is 32.0 Å². The van der Waals surface area contributed by atoms with Gasteiger partial charge in [0.15, 0.2) is 0 Å². The fourth-order valence-electron chi connectivity index (χ4n) is 1.03. The highest BCUT2D eigenvalue weighted by molar-refractivity contribution is 6.60. The quantitative estimate of drug-likeness (QED) is 0.632. The summed E-state index contributed by atoms with van der Waals surface area (Å²) in [7, 11) is -0.399. The van der Waals surface area contributed by atoms with Crippen molar-refractivity contribution in [3.05, 3.63) is 24.0 Å². The summed E-state index contributed by atoms with van der Waals surface area (Å²) < 4.78 is 56.4. The molecular weight excluding hydrogens is 231 g/mol. The maximum absolute atomic E-state index is 13.2. The molecule has 3 nitrogen and oxygen atoms in total. The Morgan fingerprint density at radius 1 is 1.31 bits per heavy atom. The molecule has 16 heavy (non-hydrogen) atoms. The van der Waals surface area contributed by atoms with E-state index in [1.807, 2.05) is 0 Å². The van der Waals surface area contributed by atoms with Crippen molar-refractivity contribution >= 4 is 12.6 Å². The number of hydrogen-bond donors (Lipinski definition) is 1. The standard InChI is InChI=1S/C8H7BF4O3/c1-15-9(14)6-3-2-5(4-7(6)10)16-8(11,12)13/h2-4,14H,1H3. The first-order valence-electron chi connectivity index (χ1n) is 4.09. The molecule has 0 saturated heterocycles. The number of benzene rings is 1. The predicted octanol–water partition coefficient (Wildman–Crippen LogP) is 1.06. The van der Waals surface area contributed by atoms with E-state index in [-0.39, 0.29) is 5.46 Å². The van der Waals surface area contributed by atoms with Crippen LogP contribution in [0.15, 0.2) is 18.2 Å². The molecule has 0 amide bonds. The van der Waals surface area contributed by atoms with Gasteiger partial charge in [-0.1, -0.05) is 6.07 Å². The second kappa shape index (κ2) is 4.71. The highest BCUT2D eigenvalue weighted by Crippen LogP contribution is 2.22. The lowest BCUT2D eigenvalue weighted by Crippen LogP contribution is -2.35. The smallest absolute Gasteiger partial charge is 0.423 e. The molecule has 1 aromatic rings. The lowest BCUT2D eigenvalue weighted by Gasteiger charge is -2.10. The van der Waals surface area contributed by atoms with E-state index >= 15 is 0 Å². The van der Waals surface area contributed by atoms with Crippen LogP contribution in [0.5, 0.6) is 5.75 Å². The zero-order chi connectivity index (χ0) is 12.3. The van der Waals surface area contributed by atoms with Crippen molar-refractivity contribution in [2.75, 3.05) is 7.11 Å². The number of hydrogen-bond acceptors (Lipinski definition) is 3. The van der Waals surface area contributed by atoms with Crippen molar-refractivity contribution in [1.29, 1.82) is 0 Å². The van der Waals surface area contributed by atoms with Crippen LogP contribution in [-0.4, -0.2) is 25.6 Å². The van der Waals surface area contributed by atoms with Crippen molar-refractivity contribution in [1.82, 2.24) is 0 Å².